The van der Waals surface area contributed by atoms with Gasteiger partial charge in [-0.3, -0.25) is 19.8 Å². The van der Waals surface area contributed by atoms with Gasteiger partial charge in [0.25, 0.3) is 11.6 Å². The number of nitrogens with zero attached hydrogens (tertiary/aromatic N) is 2. The van der Waals surface area contributed by atoms with E-state index in [-0.39, 0.29) is 11.6 Å². The van der Waals surface area contributed by atoms with E-state index in [0.29, 0.717) is 14.9 Å². The first-order valence-corrected chi connectivity index (χ1v) is 10.7. The molecule has 0 spiro atoms. The number of hydrogen-bond donors (Lipinski definition) is 0. The summed E-state index contributed by atoms with van der Waals surface area (Å²) >= 11 is 6.70. The summed E-state index contributed by atoms with van der Waals surface area (Å²) in [4.78, 5) is 25.6. The average Bonchev–Trinajstić information content (AvgIpc) is 3.06. The van der Waals surface area contributed by atoms with Gasteiger partial charge >= 0.3 is 0 Å². The lowest BCUT2D eigenvalue weighted by molar-refractivity contribution is -0.384. The fourth-order valence-electron chi connectivity index (χ4n) is 3.75. The Bertz CT molecular complexity index is 1370. The summed E-state index contributed by atoms with van der Waals surface area (Å²) < 4.78 is 0.398. The lowest BCUT2D eigenvalue weighted by Crippen LogP contribution is -2.27. The Morgan fingerprint density at radius 1 is 0.903 bits per heavy atom. The zero-order valence-corrected chi connectivity index (χ0v) is 17.7. The van der Waals surface area contributed by atoms with Crippen LogP contribution in [-0.2, 0) is 4.79 Å². The second-order valence-corrected chi connectivity index (χ2v) is 8.70. The molecule has 0 unspecified atom stereocenters. The van der Waals surface area contributed by atoms with Crippen LogP contribution in [0.15, 0.2) is 83.8 Å². The molecule has 150 valence electrons. The van der Waals surface area contributed by atoms with E-state index >= 15 is 0 Å². The van der Waals surface area contributed by atoms with Gasteiger partial charge in [-0.25, -0.2) is 0 Å². The molecule has 1 fully saturated rings. The molecule has 0 saturated carbocycles. The van der Waals surface area contributed by atoms with Crippen molar-refractivity contribution in [1.82, 2.24) is 0 Å². The van der Waals surface area contributed by atoms with Crippen molar-refractivity contribution in [2.75, 3.05) is 4.90 Å². The number of thioether (sulfide) groups is 1. The first-order chi connectivity index (χ1) is 15.0. The molecule has 0 bridgehead atoms. The Morgan fingerprint density at radius 3 is 2.06 bits per heavy atom. The number of carbonyl (C=O) groups is 1. The van der Waals surface area contributed by atoms with Crippen LogP contribution in [0.25, 0.3) is 27.6 Å². The van der Waals surface area contributed by atoms with Crippen molar-refractivity contribution < 1.29 is 9.72 Å². The summed E-state index contributed by atoms with van der Waals surface area (Å²) in [6, 6.07) is 24.1. The predicted octanol–water partition coefficient (Wildman–Crippen LogP) is 6.31. The Labute approximate surface area is 187 Å². The van der Waals surface area contributed by atoms with Gasteiger partial charge < -0.3 is 0 Å². The molecule has 0 aromatic heterocycles. The number of rotatable bonds is 3. The fraction of sp³-hybridized carbons (Fsp3) is 0. The molecule has 5 rings (SSSR count). The highest BCUT2D eigenvalue weighted by atomic mass is 32.2. The Balaban J connectivity index is 1.62. The van der Waals surface area contributed by atoms with E-state index in [1.165, 1.54) is 28.8 Å². The molecule has 0 N–H and O–H groups in total. The number of carbonyl (C=O) groups excluding carboxylic acids is 1. The zero-order valence-electron chi connectivity index (χ0n) is 16.0. The summed E-state index contributed by atoms with van der Waals surface area (Å²) in [5.74, 6) is -0.235. The van der Waals surface area contributed by atoms with E-state index in [1.807, 2.05) is 42.5 Å². The highest BCUT2D eigenvalue weighted by molar-refractivity contribution is 8.27. The van der Waals surface area contributed by atoms with Gasteiger partial charge in [-0.1, -0.05) is 72.5 Å². The van der Waals surface area contributed by atoms with Crippen molar-refractivity contribution in [3.05, 3.63) is 99.4 Å². The molecule has 1 aliphatic rings. The summed E-state index contributed by atoms with van der Waals surface area (Å²) in [7, 11) is 0. The molecule has 0 aliphatic carbocycles. The molecule has 31 heavy (non-hydrogen) atoms. The Kier molecular flexibility index (Phi) is 4.77. The monoisotopic (exact) mass is 442 g/mol. The van der Waals surface area contributed by atoms with Gasteiger partial charge in [0, 0.05) is 12.1 Å². The number of hydrogen-bond acceptors (Lipinski definition) is 5. The SMILES string of the molecule is O=C1/C(=C\c2c3ccccc3cc3ccccc23)SC(=S)N1c1ccc([N+](=O)[O-])cc1. The minimum atomic E-state index is -0.473. The number of anilines is 1. The van der Waals surface area contributed by atoms with Gasteiger partial charge in [-0.2, -0.15) is 0 Å². The predicted molar refractivity (Wildman–Crippen MR) is 130 cm³/mol. The standard InChI is InChI=1S/C24H14N2O3S2/c27-23-22(31-24(30)25(23)17-9-11-18(12-10-17)26(28)29)14-21-19-7-3-1-5-15(19)13-16-6-2-4-8-20(16)21/h1-14H/b22-14+. The smallest absolute Gasteiger partial charge is 0.268 e. The van der Waals surface area contributed by atoms with Crippen molar-refractivity contribution in [3.8, 4) is 0 Å². The van der Waals surface area contributed by atoms with Crippen molar-refractivity contribution in [1.29, 1.82) is 0 Å². The quantitative estimate of drug-likeness (QED) is 0.122. The van der Waals surface area contributed by atoms with E-state index in [4.69, 9.17) is 12.2 Å². The first kappa shape index (κ1) is 19.4. The van der Waals surface area contributed by atoms with Gasteiger partial charge in [0.15, 0.2) is 4.32 Å². The van der Waals surface area contributed by atoms with Crippen LogP contribution in [0.3, 0.4) is 0 Å². The Hall–Kier alpha value is -3.55. The average molecular weight is 443 g/mol. The van der Waals surface area contributed by atoms with Gasteiger partial charge in [0.1, 0.15) is 0 Å². The molecular weight excluding hydrogens is 428 g/mol. The van der Waals surface area contributed by atoms with Crippen LogP contribution >= 0.6 is 24.0 Å². The maximum Gasteiger partial charge on any atom is 0.270 e. The number of benzene rings is 4. The lowest BCUT2D eigenvalue weighted by Gasteiger charge is -2.14. The molecule has 1 saturated heterocycles. The second kappa shape index (κ2) is 7.61. The summed E-state index contributed by atoms with van der Waals surface area (Å²) in [6.45, 7) is 0. The van der Waals surface area contributed by atoms with E-state index in [0.717, 1.165) is 27.1 Å². The maximum absolute atomic E-state index is 13.2. The number of nitro groups is 1. The minimum absolute atomic E-state index is 0.0352. The molecule has 4 aromatic rings. The summed E-state index contributed by atoms with van der Waals surface area (Å²) in [5, 5.41) is 15.2. The van der Waals surface area contributed by atoms with E-state index in [9.17, 15) is 14.9 Å². The molecule has 0 radical (unpaired) electrons. The van der Waals surface area contributed by atoms with Gasteiger partial charge in [-0.05, 0) is 51.4 Å². The van der Waals surface area contributed by atoms with Crippen molar-refractivity contribution in [3.63, 3.8) is 0 Å². The largest absolute Gasteiger partial charge is 0.270 e. The van der Waals surface area contributed by atoms with Crippen molar-refractivity contribution >= 4 is 73.2 Å². The topological polar surface area (TPSA) is 63.5 Å². The molecule has 1 aliphatic heterocycles. The first-order valence-electron chi connectivity index (χ1n) is 9.46. The Morgan fingerprint density at radius 2 is 1.48 bits per heavy atom. The highest BCUT2D eigenvalue weighted by Crippen LogP contribution is 2.39. The zero-order chi connectivity index (χ0) is 21.5. The minimum Gasteiger partial charge on any atom is -0.268 e. The number of non-ortho nitro benzene ring substituents is 1. The van der Waals surface area contributed by atoms with E-state index in [1.54, 1.807) is 12.1 Å². The molecule has 5 nitrogen and oxygen atoms in total. The van der Waals surface area contributed by atoms with Crippen LogP contribution in [0.4, 0.5) is 11.4 Å². The third-order valence-electron chi connectivity index (χ3n) is 5.20. The van der Waals surface area contributed by atoms with Gasteiger partial charge in [0.2, 0.25) is 0 Å². The van der Waals surface area contributed by atoms with Crippen LogP contribution < -0.4 is 4.90 Å². The summed E-state index contributed by atoms with van der Waals surface area (Å²) in [6.07, 6.45) is 1.90. The van der Waals surface area contributed by atoms with Crippen molar-refractivity contribution in [2.45, 2.75) is 0 Å². The van der Waals surface area contributed by atoms with Crippen LogP contribution in [0.5, 0.6) is 0 Å². The lowest BCUT2D eigenvalue weighted by atomic mass is 9.96. The van der Waals surface area contributed by atoms with Gasteiger partial charge in [-0.15, -0.1) is 0 Å². The number of amides is 1. The molecular formula is C24H14N2O3S2. The van der Waals surface area contributed by atoms with Crippen LogP contribution in [0, 0.1) is 10.1 Å². The van der Waals surface area contributed by atoms with Crippen molar-refractivity contribution in [2.24, 2.45) is 0 Å². The van der Waals surface area contributed by atoms with Crippen LogP contribution in [0.1, 0.15) is 5.56 Å². The number of fused-ring (bicyclic) bond motifs is 2. The molecule has 4 aromatic carbocycles. The normalized spacial score (nSPS) is 15.4. The number of thiocarbonyl (C=S) groups is 1. The van der Waals surface area contributed by atoms with Crippen LogP contribution in [-0.4, -0.2) is 15.2 Å². The second-order valence-electron chi connectivity index (χ2n) is 7.02. The van der Waals surface area contributed by atoms with E-state index < -0.39 is 4.92 Å². The molecule has 1 amide bonds. The highest BCUT2D eigenvalue weighted by Gasteiger charge is 2.33. The fourth-order valence-corrected chi connectivity index (χ4v) is 5.03. The molecule has 7 heteroatoms. The molecule has 0 atom stereocenters. The number of nitro benzene ring substituents is 1. The van der Waals surface area contributed by atoms with Crippen LogP contribution in [0.2, 0.25) is 0 Å². The maximum atomic E-state index is 13.2. The third-order valence-corrected chi connectivity index (χ3v) is 6.50. The third kappa shape index (κ3) is 3.37. The summed E-state index contributed by atoms with van der Waals surface area (Å²) in [5.41, 5.74) is 1.45. The van der Waals surface area contributed by atoms with E-state index in [2.05, 4.69) is 18.2 Å². The van der Waals surface area contributed by atoms with Gasteiger partial charge in [0.05, 0.1) is 15.5 Å². The molecule has 1 heterocycles.